The summed E-state index contributed by atoms with van der Waals surface area (Å²) in [4.78, 5) is 30.9. The highest BCUT2D eigenvalue weighted by Crippen LogP contribution is 2.63. The van der Waals surface area contributed by atoms with Crippen LogP contribution >= 0.6 is 0 Å². The Kier molecular flexibility index (Phi) is 6.49. The van der Waals surface area contributed by atoms with Crippen LogP contribution in [0.15, 0.2) is 42.7 Å². The van der Waals surface area contributed by atoms with Crippen LogP contribution in [-0.2, 0) is 15.0 Å². The third kappa shape index (κ3) is 4.40. The van der Waals surface area contributed by atoms with E-state index in [4.69, 9.17) is 5.73 Å². The highest BCUT2D eigenvalue weighted by atomic mass is 19.2. The molecule has 6 nitrogen and oxygen atoms in total. The first kappa shape index (κ1) is 25.4. The molecule has 0 saturated heterocycles. The van der Waals surface area contributed by atoms with Gasteiger partial charge in [0.1, 0.15) is 0 Å². The van der Waals surface area contributed by atoms with Gasteiger partial charge in [-0.1, -0.05) is 18.9 Å². The van der Waals surface area contributed by atoms with Crippen LogP contribution in [0.5, 0.6) is 0 Å². The summed E-state index contributed by atoms with van der Waals surface area (Å²) in [5, 5.41) is 6.21. The van der Waals surface area contributed by atoms with Gasteiger partial charge in [0.05, 0.1) is 11.5 Å². The Labute approximate surface area is 222 Å². The number of carbonyl (C=O) groups is 2. The van der Waals surface area contributed by atoms with E-state index in [0.717, 1.165) is 69.0 Å². The maximum atomic E-state index is 14.0. The van der Waals surface area contributed by atoms with Crippen molar-refractivity contribution in [3.8, 4) is 0 Å². The van der Waals surface area contributed by atoms with E-state index in [1.54, 1.807) is 30.6 Å². The third-order valence-electron chi connectivity index (χ3n) is 10.2. The average Bonchev–Trinajstić information content (AvgIpc) is 3.39. The Bertz CT molecular complexity index is 1200. The zero-order valence-electron chi connectivity index (χ0n) is 21.6. The first-order valence-corrected chi connectivity index (χ1v) is 14.0. The summed E-state index contributed by atoms with van der Waals surface area (Å²) in [6.07, 6.45) is 11.4. The normalized spacial score (nSPS) is 31.7. The summed E-state index contributed by atoms with van der Waals surface area (Å²) in [6.45, 7) is 0.369. The van der Waals surface area contributed by atoms with E-state index in [-0.39, 0.29) is 29.6 Å². The van der Waals surface area contributed by atoms with E-state index >= 15 is 0 Å². The van der Waals surface area contributed by atoms with E-state index in [1.807, 2.05) is 0 Å². The number of benzene rings is 1. The van der Waals surface area contributed by atoms with Gasteiger partial charge in [0, 0.05) is 30.0 Å². The van der Waals surface area contributed by atoms with Crippen LogP contribution in [0.25, 0.3) is 0 Å². The van der Waals surface area contributed by atoms with Crippen LogP contribution in [0.4, 0.5) is 14.5 Å². The number of aromatic nitrogens is 1. The molecule has 1 heterocycles. The Morgan fingerprint density at radius 1 is 1.00 bits per heavy atom. The molecular weight excluding hydrogens is 486 g/mol. The molecule has 0 spiro atoms. The van der Waals surface area contributed by atoms with Crippen molar-refractivity contribution < 1.29 is 18.4 Å². The molecule has 1 aromatic heterocycles. The van der Waals surface area contributed by atoms with Crippen molar-refractivity contribution in [2.45, 2.75) is 69.2 Å². The minimum atomic E-state index is -0.859. The van der Waals surface area contributed by atoms with Crippen LogP contribution < -0.4 is 16.4 Å². The monoisotopic (exact) mass is 522 g/mol. The Morgan fingerprint density at radius 3 is 2.34 bits per heavy atom. The van der Waals surface area contributed by atoms with Gasteiger partial charge in [-0.2, -0.15) is 0 Å². The van der Waals surface area contributed by atoms with Gasteiger partial charge < -0.3 is 16.4 Å². The van der Waals surface area contributed by atoms with E-state index in [9.17, 15) is 18.4 Å². The summed E-state index contributed by atoms with van der Waals surface area (Å²) >= 11 is 0. The molecule has 5 aliphatic carbocycles. The maximum Gasteiger partial charge on any atom is 0.237 e. The van der Waals surface area contributed by atoms with Crippen molar-refractivity contribution in [1.82, 2.24) is 10.3 Å². The molecule has 0 radical (unpaired) electrons. The highest BCUT2D eigenvalue weighted by molar-refractivity contribution is 5.95. The van der Waals surface area contributed by atoms with Crippen LogP contribution in [0.2, 0.25) is 0 Å². The lowest BCUT2D eigenvalue weighted by atomic mass is 9.45. The average molecular weight is 523 g/mol. The second kappa shape index (κ2) is 9.70. The van der Waals surface area contributed by atoms with Crippen molar-refractivity contribution in [3.63, 3.8) is 0 Å². The van der Waals surface area contributed by atoms with Gasteiger partial charge in [-0.15, -0.1) is 0 Å². The molecule has 4 bridgehead atoms. The zero-order valence-corrected chi connectivity index (χ0v) is 21.6. The number of hydrogen-bond acceptors (Lipinski definition) is 4. The summed E-state index contributed by atoms with van der Waals surface area (Å²) in [6, 6.07) is 7.06. The van der Waals surface area contributed by atoms with E-state index in [1.165, 1.54) is 12.1 Å². The van der Waals surface area contributed by atoms with Crippen LogP contribution in [0.3, 0.4) is 0 Å². The number of nitrogens with two attached hydrogens (primary N) is 1. The quantitative estimate of drug-likeness (QED) is 0.491. The van der Waals surface area contributed by atoms with Gasteiger partial charge in [-0.05, 0) is 98.4 Å². The zero-order chi connectivity index (χ0) is 26.5. The number of carbonyl (C=O) groups excluding carboxylic acids is 2. The first-order valence-electron chi connectivity index (χ1n) is 14.0. The van der Waals surface area contributed by atoms with Crippen molar-refractivity contribution in [1.29, 1.82) is 0 Å². The molecular formula is C30H36F2N4O2. The van der Waals surface area contributed by atoms with Gasteiger partial charge in [0.25, 0.3) is 0 Å². The van der Waals surface area contributed by atoms with Gasteiger partial charge in [0.2, 0.25) is 11.8 Å². The molecule has 3 atom stereocenters. The number of anilines is 1. The Balaban J connectivity index is 1.14. The number of halogens is 2. The van der Waals surface area contributed by atoms with E-state index in [0.29, 0.717) is 12.5 Å². The molecule has 4 N–H and O–H groups in total. The van der Waals surface area contributed by atoms with Gasteiger partial charge in [-0.3, -0.25) is 14.6 Å². The highest BCUT2D eigenvalue weighted by Gasteiger charge is 2.60. The summed E-state index contributed by atoms with van der Waals surface area (Å²) in [7, 11) is 0. The smallest absolute Gasteiger partial charge is 0.237 e. The standard InChI is InChI=1S/C30H36F2N4O2/c31-23-4-3-21(13-24(23)32)29(7-1-2-8-29)17-35-27(37)26(33)25-19-11-18-12-20(25)16-30(14-18,15-19)28(38)36-22-5-9-34-10-6-22/h3-6,9-10,13,18-20,25-26H,1-2,7-8,11-12,14-17,33H2,(H,35,37)(H,34,36,38). The molecule has 38 heavy (non-hydrogen) atoms. The Hall–Kier alpha value is -2.87. The Morgan fingerprint density at radius 2 is 1.68 bits per heavy atom. The minimum Gasteiger partial charge on any atom is -0.354 e. The number of nitrogens with one attached hydrogen (secondary N) is 2. The number of amides is 2. The van der Waals surface area contributed by atoms with Gasteiger partial charge in [0.15, 0.2) is 11.6 Å². The number of hydrogen-bond donors (Lipinski definition) is 3. The second-order valence-electron chi connectivity index (χ2n) is 12.4. The van der Waals surface area contributed by atoms with Crippen LogP contribution in [0, 0.1) is 40.7 Å². The lowest BCUT2D eigenvalue weighted by Crippen LogP contribution is -2.61. The molecule has 202 valence electrons. The molecule has 2 amide bonds. The molecule has 5 aliphatic rings. The molecule has 5 fully saturated rings. The van der Waals surface area contributed by atoms with Gasteiger partial charge >= 0.3 is 0 Å². The topological polar surface area (TPSA) is 97.1 Å². The second-order valence-corrected chi connectivity index (χ2v) is 12.4. The first-order chi connectivity index (χ1) is 18.3. The van der Waals surface area contributed by atoms with Crippen LogP contribution in [-0.4, -0.2) is 29.4 Å². The molecule has 7 rings (SSSR count). The lowest BCUT2D eigenvalue weighted by Gasteiger charge is -2.60. The fourth-order valence-corrected chi connectivity index (χ4v) is 8.62. The SMILES string of the molecule is NC(C(=O)NCC1(c2ccc(F)c(F)c2)CCCC1)C1C2CC3CC1CC(C(=O)Nc1ccncc1)(C3)C2. The molecule has 8 heteroatoms. The maximum absolute atomic E-state index is 14.0. The predicted molar refractivity (Wildman–Crippen MR) is 140 cm³/mol. The summed E-state index contributed by atoms with van der Waals surface area (Å²) < 4.78 is 27.6. The van der Waals surface area contributed by atoms with Crippen molar-refractivity contribution in [2.75, 3.05) is 11.9 Å². The number of nitrogens with zero attached hydrogens (tertiary/aromatic N) is 1. The summed E-state index contributed by atoms with van der Waals surface area (Å²) in [5.41, 5.74) is 7.37. The fraction of sp³-hybridized carbons (Fsp3) is 0.567. The lowest BCUT2D eigenvalue weighted by molar-refractivity contribution is -0.151. The number of rotatable bonds is 7. The number of pyridine rings is 1. The molecule has 3 unspecified atom stereocenters. The van der Waals surface area contributed by atoms with Crippen molar-refractivity contribution in [3.05, 3.63) is 59.9 Å². The molecule has 0 aliphatic heterocycles. The predicted octanol–water partition coefficient (Wildman–Crippen LogP) is 4.70. The third-order valence-corrected chi connectivity index (χ3v) is 10.2. The molecule has 5 saturated carbocycles. The largest absolute Gasteiger partial charge is 0.354 e. The van der Waals surface area contributed by atoms with Crippen molar-refractivity contribution >= 4 is 17.5 Å². The minimum absolute atomic E-state index is 0.0520. The van der Waals surface area contributed by atoms with E-state index in [2.05, 4.69) is 15.6 Å². The van der Waals surface area contributed by atoms with Crippen LogP contribution in [0.1, 0.15) is 63.4 Å². The van der Waals surface area contributed by atoms with E-state index < -0.39 is 28.5 Å². The van der Waals surface area contributed by atoms with Gasteiger partial charge in [-0.25, -0.2) is 8.78 Å². The van der Waals surface area contributed by atoms with Crippen molar-refractivity contribution in [2.24, 2.45) is 34.8 Å². The fourth-order valence-electron chi connectivity index (χ4n) is 8.62. The summed E-state index contributed by atoms with van der Waals surface area (Å²) in [5.74, 6) is -0.766. The molecule has 1 aromatic carbocycles. The molecule has 2 aromatic rings.